The lowest BCUT2D eigenvalue weighted by Gasteiger charge is -2.18. The molecular formula is C14H26N2O. The highest BCUT2D eigenvalue weighted by molar-refractivity contribution is 5.75. The van der Waals surface area contributed by atoms with Gasteiger partial charge in [-0.15, -0.1) is 0 Å². The molecule has 0 saturated heterocycles. The van der Waals surface area contributed by atoms with Crippen LogP contribution in [-0.2, 0) is 4.79 Å². The van der Waals surface area contributed by atoms with Crippen LogP contribution in [0.2, 0.25) is 0 Å². The number of rotatable bonds is 6. The zero-order valence-electron chi connectivity index (χ0n) is 11.2. The Bertz CT molecular complexity index is 276. The first-order chi connectivity index (χ1) is 7.97. The Morgan fingerprint density at radius 1 is 1.47 bits per heavy atom. The average Bonchev–Trinajstić information content (AvgIpc) is 2.27. The molecule has 1 aliphatic carbocycles. The highest BCUT2D eigenvalue weighted by Gasteiger charge is 2.13. The summed E-state index contributed by atoms with van der Waals surface area (Å²) in [7, 11) is 0. The van der Waals surface area contributed by atoms with Crippen LogP contribution in [0.1, 0.15) is 58.8 Å². The van der Waals surface area contributed by atoms with Gasteiger partial charge in [0.05, 0.1) is 0 Å². The van der Waals surface area contributed by atoms with Gasteiger partial charge < -0.3 is 11.1 Å². The number of nitrogens with one attached hydrogen (secondary N) is 1. The van der Waals surface area contributed by atoms with Gasteiger partial charge in [-0.3, -0.25) is 4.79 Å². The van der Waals surface area contributed by atoms with Crippen LogP contribution in [0.15, 0.2) is 11.6 Å². The molecule has 0 aromatic carbocycles. The van der Waals surface area contributed by atoms with Crippen molar-refractivity contribution in [3.05, 3.63) is 11.6 Å². The van der Waals surface area contributed by atoms with E-state index in [-0.39, 0.29) is 11.4 Å². The summed E-state index contributed by atoms with van der Waals surface area (Å²) in [6, 6.07) is 0. The number of hydrogen-bond donors (Lipinski definition) is 2. The molecule has 3 nitrogen and oxygen atoms in total. The van der Waals surface area contributed by atoms with Crippen LogP contribution in [0.4, 0.5) is 0 Å². The molecule has 0 spiro atoms. The summed E-state index contributed by atoms with van der Waals surface area (Å²) in [6.45, 7) is 4.68. The molecule has 0 aromatic rings. The fourth-order valence-electron chi connectivity index (χ4n) is 2.02. The van der Waals surface area contributed by atoms with Gasteiger partial charge in [0.15, 0.2) is 0 Å². The zero-order valence-corrected chi connectivity index (χ0v) is 11.2. The zero-order chi connectivity index (χ0) is 12.7. The van der Waals surface area contributed by atoms with Gasteiger partial charge in [0.2, 0.25) is 5.91 Å². The molecule has 17 heavy (non-hydrogen) atoms. The van der Waals surface area contributed by atoms with Crippen LogP contribution in [0.3, 0.4) is 0 Å². The Hall–Kier alpha value is -0.830. The summed E-state index contributed by atoms with van der Waals surface area (Å²) in [6.07, 6.45) is 9.67. The van der Waals surface area contributed by atoms with E-state index >= 15 is 0 Å². The molecule has 0 radical (unpaired) electrons. The molecule has 1 aliphatic rings. The molecule has 0 bridgehead atoms. The third-order valence-corrected chi connectivity index (χ3v) is 3.15. The minimum atomic E-state index is -0.247. The van der Waals surface area contributed by atoms with E-state index in [1.54, 1.807) is 0 Å². The molecule has 3 heteroatoms. The largest absolute Gasteiger partial charge is 0.356 e. The minimum Gasteiger partial charge on any atom is -0.356 e. The van der Waals surface area contributed by atoms with Crippen molar-refractivity contribution < 1.29 is 4.79 Å². The van der Waals surface area contributed by atoms with E-state index in [0.29, 0.717) is 6.42 Å². The second-order valence-electron chi connectivity index (χ2n) is 5.70. The molecular weight excluding hydrogens is 212 g/mol. The summed E-state index contributed by atoms with van der Waals surface area (Å²) in [4.78, 5) is 11.5. The van der Waals surface area contributed by atoms with Gasteiger partial charge in [0.1, 0.15) is 0 Å². The van der Waals surface area contributed by atoms with Crippen molar-refractivity contribution in [2.24, 2.45) is 5.73 Å². The molecule has 0 saturated carbocycles. The van der Waals surface area contributed by atoms with E-state index in [1.165, 1.54) is 31.3 Å². The lowest BCUT2D eigenvalue weighted by atomic mass is 9.97. The van der Waals surface area contributed by atoms with Gasteiger partial charge in [0, 0.05) is 18.5 Å². The number of amides is 1. The molecule has 0 aliphatic heterocycles. The Kier molecular flexibility index (Phi) is 5.69. The second kappa shape index (κ2) is 6.80. The molecule has 3 N–H and O–H groups in total. The van der Waals surface area contributed by atoms with E-state index in [9.17, 15) is 4.79 Å². The van der Waals surface area contributed by atoms with Crippen molar-refractivity contribution in [2.75, 3.05) is 6.54 Å². The maximum Gasteiger partial charge on any atom is 0.220 e. The first-order valence-electron chi connectivity index (χ1n) is 6.71. The molecule has 0 atom stereocenters. The van der Waals surface area contributed by atoms with Crippen molar-refractivity contribution in [2.45, 2.75) is 64.3 Å². The summed E-state index contributed by atoms with van der Waals surface area (Å²) in [5.41, 5.74) is 7.10. The Balaban J connectivity index is 2.09. The van der Waals surface area contributed by atoms with E-state index in [2.05, 4.69) is 11.4 Å². The third-order valence-electron chi connectivity index (χ3n) is 3.15. The van der Waals surface area contributed by atoms with Gasteiger partial charge in [0.25, 0.3) is 0 Å². The fourth-order valence-corrected chi connectivity index (χ4v) is 2.02. The van der Waals surface area contributed by atoms with Crippen molar-refractivity contribution in [1.29, 1.82) is 0 Å². The highest BCUT2D eigenvalue weighted by atomic mass is 16.1. The van der Waals surface area contributed by atoms with Crippen molar-refractivity contribution >= 4 is 5.91 Å². The lowest BCUT2D eigenvalue weighted by molar-refractivity contribution is -0.121. The number of carbonyl (C=O) groups is 1. The highest BCUT2D eigenvalue weighted by Crippen LogP contribution is 2.19. The summed E-state index contributed by atoms with van der Waals surface area (Å²) >= 11 is 0. The first kappa shape index (κ1) is 14.2. The van der Waals surface area contributed by atoms with Gasteiger partial charge in [-0.25, -0.2) is 0 Å². The van der Waals surface area contributed by atoms with Crippen molar-refractivity contribution in [3.8, 4) is 0 Å². The van der Waals surface area contributed by atoms with E-state index in [4.69, 9.17) is 5.73 Å². The molecule has 1 amide bonds. The van der Waals surface area contributed by atoms with Crippen LogP contribution in [-0.4, -0.2) is 18.0 Å². The quantitative estimate of drug-likeness (QED) is 0.699. The molecule has 0 aromatic heterocycles. The number of nitrogens with two attached hydrogens (primary N) is 1. The van der Waals surface area contributed by atoms with E-state index in [1.807, 2.05) is 13.8 Å². The molecule has 98 valence electrons. The summed E-state index contributed by atoms with van der Waals surface area (Å²) in [5.74, 6) is 0.125. The van der Waals surface area contributed by atoms with Gasteiger partial charge in [-0.1, -0.05) is 11.6 Å². The van der Waals surface area contributed by atoms with Crippen LogP contribution in [0, 0.1) is 0 Å². The van der Waals surface area contributed by atoms with E-state index in [0.717, 1.165) is 19.4 Å². The third kappa shape index (κ3) is 7.16. The van der Waals surface area contributed by atoms with Gasteiger partial charge in [-0.05, 0) is 52.4 Å². The Morgan fingerprint density at radius 2 is 2.24 bits per heavy atom. The molecule has 0 heterocycles. The number of allylic oxidation sites excluding steroid dienone is 1. The second-order valence-corrected chi connectivity index (χ2v) is 5.70. The standard InChI is InChI=1S/C14H26N2O/c1-14(2,15)10-8-13(17)16-11-9-12-6-4-3-5-7-12/h6H,3-5,7-11,15H2,1-2H3,(H,16,17). The Morgan fingerprint density at radius 3 is 2.82 bits per heavy atom. The van der Waals surface area contributed by atoms with Crippen molar-refractivity contribution in [3.63, 3.8) is 0 Å². The number of carbonyl (C=O) groups excluding carboxylic acids is 1. The maximum absolute atomic E-state index is 11.5. The normalized spacial score (nSPS) is 16.5. The molecule has 1 rings (SSSR count). The smallest absolute Gasteiger partial charge is 0.220 e. The van der Waals surface area contributed by atoms with Crippen molar-refractivity contribution in [1.82, 2.24) is 5.32 Å². The monoisotopic (exact) mass is 238 g/mol. The average molecular weight is 238 g/mol. The molecule has 0 fully saturated rings. The van der Waals surface area contributed by atoms with Crippen LogP contribution < -0.4 is 11.1 Å². The van der Waals surface area contributed by atoms with Crippen LogP contribution in [0.5, 0.6) is 0 Å². The summed E-state index contributed by atoms with van der Waals surface area (Å²) in [5, 5.41) is 2.97. The minimum absolute atomic E-state index is 0.125. The van der Waals surface area contributed by atoms with Gasteiger partial charge >= 0.3 is 0 Å². The Labute approximate surface area is 105 Å². The van der Waals surface area contributed by atoms with Gasteiger partial charge in [-0.2, -0.15) is 0 Å². The topological polar surface area (TPSA) is 55.1 Å². The first-order valence-corrected chi connectivity index (χ1v) is 6.71. The van der Waals surface area contributed by atoms with E-state index < -0.39 is 0 Å². The number of hydrogen-bond acceptors (Lipinski definition) is 2. The maximum atomic E-state index is 11.5. The van der Waals surface area contributed by atoms with Crippen LogP contribution in [0.25, 0.3) is 0 Å². The molecule has 0 unspecified atom stereocenters. The summed E-state index contributed by atoms with van der Waals surface area (Å²) < 4.78 is 0. The van der Waals surface area contributed by atoms with Crippen LogP contribution >= 0.6 is 0 Å². The SMILES string of the molecule is CC(C)(N)CCC(=O)NCCC1=CCCCC1. The predicted octanol–water partition coefficient (Wildman–Crippen LogP) is 2.51. The fraction of sp³-hybridized carbons (Fsp3) is 0.786. The lowest BCUT2D eigenvalue weighted by Crippen LogP contribution is -2.34. The predicted molar refractivity (Wildman–Crippen MR) is 71.7 cm³/mol.